The summed E-state index contributed by atoms with van der Waals surface area (Å²) >= 11 is 6.15. The van der Waals surface area contributed by atoms with E-state index in [4.69, 9.17) is 11.6 Å². The molecule has 0 unspecified atom stereocenters. The van der Waals surface area contributed by atoms with Crippen LogP contribution in [0.1, 0.15) is 12.5 Å². The molecule has 0 radical (unpaired) electrons. The Morgan fingerprint density at radius 3 is 2.50 bits per heavy atom. The van der Waals surface area contributed by atoms with Crippen LogP contribution in [0.4, 0.5) is 5.69 Å². The Hall–Kier alpha value is -0.730. The molecular formula is C13H19ClN2. The van der Waals surface area contributed by atoms with Crippen molar-refractivity contribution in [3.63, 3.8) is 0 Å². The fraction of sp³-hybridized carbons (Fsp3) is 0.538. The first-order valence-corrected chi connectivity index (χ1v) is 6.32. The van der Waals surface area contributed by atoms with Gasteiger partial charge in [-0.3, -0.25) is 0 Å². The smallest absolute Gasteiger partial charge is 0.0455 e. The number of anilines is 1. The van der Waals surface area contributed by atoms with Crippen LogP contribution in [0, 0.1) is 6.92 Å². The van der Waals surface area contributed by atoms with Gasteiger partial charge in [0.25, 0.3) is 0 Å². The van der Waals surface area contributed by atoms with Gasteiger partial charge in [-0.15, -0.1) is 0 Å². The Labute approximate surface area is 103 Å². The van der Waals surface area contributed by atoms with E-state index < -0.39 is 0 Å². The molecule has 0 aliphatic carbocycles. The fourth-order valence-corrected chi connectivity index (χ4v) is 2.41. The highest BCUT2D eigenvalue weighted by molar-refractivity contribution is 6.31. The molecule has 2 nitrogen and oxygen atoms in total. The van der Waals surface area contributed by atoms with Crippen LogP contribution in [0.25, 0.3) is 0 Å². The molecular weight excluding hydrogens is 220 g/mol. The van der Waals surface area contributed by atoms with Crippen LogP contribution in [0.3, 0.4) is 0 Å². The average molecular weight is 239 g/mol. The Morgan fingerprint density at radius 1 is 1.19 bits per heavy atom. The van der Waals surface area contributed by atoms with E-state index in [-0.39, 0.29) is 0 Å². The lowest BCUT2D eigenvalue weighted by atomic mass is 10.1. The molecule has 0 amide bonds. The van der Waals surface area contributed by atoms with Crippen molar-refractivity contribution in [2.45, 2.75) is 13.8 Å². The minimum Gasteiger partial charge on any atom is -0.369 e. The van der Waals surface area contributed by atoms with Crippen LogP contribution in [0.5, 0.6) is 0 Å². The SMILES string of the molecule is CCN1CCN(c2cccc(Cl)c2C)CC1. The maximum absolute atomic E-state index is 6.15. The summed E-state index contributed by atoms with van der Waals surface area (Å²) in [5.41, 5.74) is 2.50. The number of likely N-dealkylation sites (N-methyl/N-ethyl adjacent to an activating group) is 1. The number of halogens is 1. The van der Waals surface area contributed by atoms with Crippen LogP contribution >= 0.6 is 11.6 Å². The number of rotatable bonds is 2. The highest BCUT2D eigenvalue weighted by atomic mass is 35.5. The van der Waals surface area contributed by atoms with Gasteiger partial charge in [0, 0.05) is 36.9 Å². The molecule has 2 rings (SSSR count). The van der Waals surface area contributed by atoms with E-state index >= 15 is 0 Å². The average Bonchev–Trinajstić information content (AvgIpc) is 2.33. The molecule has 1 fully saturated rings. The Bertz CT molecular complexity index is 357. The molecule has 1 heterocycles. The normalized spacial score (nSPS) is 17.8. The van der Waals surface area contributed by atoms with Gasteiger partial charge in [0.1, 0.15) is 0 Å². The molecule has 0 spiro atoms. The highest BCUT2D eigenvalue weighted by Crippen LogP contribution is 2.27. The largest absolute Gasteiger partial charge is 0.369 e. The first-order chi connectivity index (χ1) is 7.72. The summed E-state index contributed by atoms with van der Waals surface area (Å²) in [7, 11) is 0. The molecule has 1 aliphatic heterocycles. The standard InChI is InChI=1S/C13H19ClN2/c1-3-15-7-9-16(10-8-15)13-6-4-5-12(14)11(13)2/h4-6H,3,7-10H2,1-2H3. The van der Waals surface area contributed by atoms with Crippen LogP contribution in [0.15, 0.2) is 18.2 Å². The van der Waals surface area contributed by atoms with Crippen molar-refractivity contribution < 1.29 is 0 Å². The van der Waals surface area contributed by atoms with Crippen molar-refractivity contribution in [2.24, 2.45) is 0 Å². The van der Waals surface area contributed by atoms with Crippen LogP contribution in [-0.2, 0) is 0 Å². The van der Waals surface area contributed by atoms with Crippen LogP contribution in [0.2, 0.25) is 5.02 Å². The van der Waals surface area contributed by atoms with Gasteiger partial charge in [-0.25, -0.2) is 0 Å². The number of piperazine rings is 1. The van der Waals surface area contributed by atoms with Gasteiger partial charge in [-0.2, -0.15) is 0 Å². The summed E-state index contributed by atoms with van der Waals surface area (Å²) in [6.07, 6.45) is 0. The molecule has 1 aromatic rings. The van der Waals surface area contributed by atoms with E-state index in [1.807, 2.05) is 12.1 Å². The van der Waals surface area contributed by atoms with E-state index in [1.54, 1.807) is 0 Å². The van der Waals surface area contributed by atoms with Gasteiger partial charge >= 0.3 is 0 Å². The lowest BCUT2D eigenvalue weighted by Gasteiger charge is -2.36. The third-order valence-corrected chi connectivity index (χ3v) is 3.81. The summed E-state index contributed by atoms with van der Waals surface area (Å²) in [5, 5.41) is 0.871. The molecule has 0 saturated carbocycles. The summed E-state index contributed by atoms with van der Waals surface area (Å²) in [6, 6.07) is 6.17. The Kier molecular flexibility index (Phi) is 3.72. The summed E-state index contributed by atoms with van der Waals surface area (Å²) in [4.78, 5) is 4.92. The Balaban J connectivity index is 2.11. The second kappa shape index (κ2) is 5.07. The predicted octanol–water partition coefficient (Wildman–Crippen LogP) is 2.79. The van der Waals surface area contributed by atoms with Gasteiger partial charge in [-0.05, 0) is 31.2 Å². The lowest BCUT2D eigenvalue weighted by molar-refractivity contribution is 0.271. The second-order valence-corrected chi connectivity index (χ2v) is 4.71. The maximum Gasteiger partial charge on any atom is 0.0455 e. The minimum absolute atomic E-state index is 0.871. The fourth-order valence-electron chi connectivity index (χ4n) is 2.24. The number of nitrogens with zero attached hydrogens (tertiary/aromatic N) is 2. The zero-order valence-corrected chi connectivity index (χ0v) is 10.8. The van der Waals surface area contributed by atoms with E-state index in [2.05, 4.69) is 29.7 Å². The van der Waals surface area contributed by atoms with Gasteiger partial charge in [-0.1, -0.05) is 24.6 Å². The highest BCUT2D eigenvalue weighted by Gasteiger charge is 2.17. The van der Waals surface area contributed by atoms with Crippen LogP contribution in [-0.4, -0.2) is 37.6 Å². The molecule has 0 atom stereocenters. The van der Waals surface area contributed by atoms with Crippen LogP contribution < -0.4 is 4.90 Å². The van der Waals surface area contributed by atoms with E-state index in [0.717, 1.165) is 37.7 Å². The van der Waals surface area contributed by atoms with Crippen molar-refractivity contribution in [2.75, 3.05) is 37.6 Å². The number of hydrogen-bond acceptors (Lipinski definition) is 2. The second-order valence-electron chi connectivity index (χ2n) is 4.31. The number of hydrogen-bond donors (Lipinski definition) is 0. The number of benzene rings is 1. The molecule has 1 aliphatic rings. The van der Waals surface area contributed by atoms with Gasteiger partial charge < -0.3 is 9.80 Å². The Morgan fingerprint density at radius 2 is 1.88 bits per heavy atom. The van der Waals surface area contributed by atoms with Crippen molar-refractivity contribution in [3.05, 3.63) is 28.8 Å². The zero-order valence-electron chi connectivity index (χ0n) is 10.0. The van der Waals surface area contributed by atoms with Gasteiger partial charge in [0.2, 0.25) is 0 Å². The third kappa shape index (κ3) is 2.33. The summed E-state index contributed by atoms with van der Waals surface area (Å²) in [5.74, 6) is 0. The van der Waals surface area contributed by atoms with E-state index in [0.29, 0.717) is 0 Å². The predicted molar refractivity (Wildman–Crippen MR) is 70.5 cm³/mol. The molecule has 16 heavy (non-hydrogen) atoms. The molecule has 1 aromatic carbocycles. The summed E-state index contributed by atoms with van der Waals surface area (Å²) < 4.78 is 0. The van der Waals surface area contributed by atoms with Crippen molar-refractivity contribution in [3.8, 4) is 0 Å². The minimum atomic E-state index is 0.871. The maximum atomic E-state index is 6.15. The first-order valence-electron chi connectivity index (χ1n) is 5.94. The van der Waals surface area contributed by atoms with Crippen molar-refractivity contribution >= 4 is 17.3 Å². The van der Waals surface area contributed by atoms with Gasteiger partial charge in [0.05, 0.1) is 0 Å². The monoisotopic (exact) mass is 238 g/mol. The molecule has 1 saturated heterocycles. The molecule has 0 bridgehead atoms. The first kappa shape index (κ1) is 11.7. The molecule has 88 valence electrons. The van der Waals surface area contributed by atoms with Crippen molar-refractivity contribution in [1.82, 2.24) is 4.90 Å². The van der Waals surface area contributed by atoms with E-state index in [1.165, 1.54) is 11.3 Å². The lowest BCUT2D eigenvalue weighted by Crippen LogP contribution is -2.46. The molecule has 3 heteroatoms. The zero-order chi connectivity index (χ0) is 11.5. The molecule has 0 aromatic heterocycles. The van der Waals surface area contributed by atoms with Gasteiger partial charge in [0.15, 0.2) is 0 Å². The van der Waals surface area contributed by atoms with Crippen molar-refractivity contribution in [1.29, 1.82) is 0 Å². The summed E-state index contributed by atoms with van der Waals surface area (Å²) in [6.45, 7) is 10.0. The van der Waals surface area contributed by atoms with E-state index in [9.17, 15) is 0 Å². The third-order valence-electron chi connectivity index (χ3n) is 3.40. The quantitative estimate of drug-likeness (QED) is 0.782. The topological polar surface area (TPSA) is 6.48 Å². The molecule has 0 N–H and O–H groups in total.